The molecule has 2 aromatic carbocycles. The molecule has 2 atom stereocenters. The number of esters is 1. The van der Waals surface area contributed by atoms with Gasteiger partial charge in [-0.3, -0.25) is 4.79 Å². The second kappa shape index (κ2) is 11.3. The van der Waals surface area contributed by atoms with E-state index in [2.05, 4.69) is 5.32 Å². The summed E-state index contributed by atoms with van der Waals surface area (Å²) in [6, 6.07) is 11.0. The molecule has 2 aliphatic rings. The zero-order valence-electron chi connectivity index (χ0n) is 21.5. The summed E-state index contributed by atoms with van der Waals surface area (Å²) in [6.07, 6.45) is 1.57. The Kier molecular flexibility index (Phi) is 8.13. The molecule has 8 heteroatoms. The van der Waals surface area contributed by atoms with Gasteiger partial charge in [-0.05, 0) is 68.0 Å². The van der Waals surface area contributed by atoms with Crippen molar-refractivity contribution in [2.75, 3.05) is 20.3 Å². The number of aromatic hydroxyl groups is 1. The maximum Gasteiger partial charge on any atom is 0.336 e. The van der Waals surface area contributed by atoms with E-state index in [1.807, 2.05) is 38.1 Å². The molecular formula is C29H32ClNO6. The highest BCUT2D eigenvalue weighted by atomic mass is 35.5. The van der Waals surface area contributed by atoms with Gasteiger partial charge in [0, 0.05) is 29.3 Å². The normalized spacial score (nSPS) is 19.3. The van der Waals surface area contributed by atoms with Crippen LogP contribution < -0.4 is 14.8 Å². The van der Waals surface area contributed by atoms with Crippen LogP contribution >= 0.6 is 11.6 Å². The van der Waals surface area contributed by atoms with Gasteiger partial charge in [-0.2, -0.15) is 0 Å². The fraction of sp³-hybridized carbons (Fsp3) is 0.379. The van der Waals surface area contributed by atoms with Crippen molar-refractivity contribution in [3.8, 4) is 17.2 Å². The number of allylic oxidation sites excluding steroid dienone is 3. The van der Waals surface area contributed by atoms with Crippen LogP contribution in [0.1, 0.15) is 63.0 Å². The van der Waals surface area contributed by atoms with E-state index in [4.69, 9.17) is 25.8 Å². The first-order valence-electron chi connectivity index (χ1n) is 12.5. The van der Waals surface area contributed by atoms with Crippen LogP contribution in [-0.2, 0) is 14.3 Å². The number of methoxy groups -OCH3 is 1. The number of carbonyl (C=O) groups is 2. The average molecular weight is 526 g/mol. The Morgan fingerprint density at radius 1 is 1.14 bits per heavy atom. The van der Waals surface area contributed by atoms with Gasteiger partial charge in [-0.1, -0.05) is 30.7 Å². The summed E-state index contributed by atoms with van der Waals surface area (Å²) < 4.78 is 16.4. The van der Waals surface area contributed by atoms with E-state index < -0.39 is 11.9 Å². The molecule has 0 unspecified atom stereocenters. The van der Waals surface area contributed by atoms with E-state index in [0.717, 1.165) is 17.0 Å². The third-order valence-corrected chi connectivity index (χ3v) is 7.04. The zero-order valence-corrected chi connectivity index (χ0v) is 22.3. The van der Waals surface area contributed by atoms with Crippen LogP contribution in [0.25, 0.3) is 0 Å². The van der Waals surface area contributed by atoms with Crippen molar-refractivity contribution in [1.82, 2.24) is 5.32 Å². The summed E-state index contributed by atoms with van der Waals surface area (Å²) in [5.74, 6) is -0.503. The fourth-order valence-corrected chi connectivity index (χ4v) is 5.27. The molecule has 4 rings (SSSR count). The average Bonchev–Trinajstić information content (AvgIpc) is 2.89. The van der Waals surface area contributed by atoms with Gasteiger partial charge < -0.3 is 24.6 Å². The van der Waals surface area contributed by atoms with Crippen molar-refractivity contribution in [3.63, 3.8) is 0 Å². The van der Waals surface area contributed by atoms with Crippen LogP contribution in [0.4, 0.5) is 0 Å². The third kappa shape index (κ3) is 5.32. The van der Waals surface area contributed by atoms with Gasteiger partial charge in [-0.15, -0.1) is 0 Å². The lowest BCUT2D eigenvalue weighted by Gasteiger charge is -2.37. The van der Waals surface area contributed by atoms with Gasteiger partial charge in [0.2, 0.25) is 0 Å². The minimum absolute atomic E-state index is 0.0194. The van der Waals surface area contributed by atoms with Crippen LogP contribution in [0, 0.1) is 0 Å². The minimum atomic E-state index is -0.706. The molecule has 1 aliphatic heterocycles. The first-order valence-corrected chi connectivity index (χ1v) is 12.9. The number of ketones is 1. The Hall–Kier alpha value is -3.45. The number of hydrogen-bond donors (Lipinski definition) is 2. The third-order valence-electron chi connectivity index (χ3n) is 6.76. The lowest BCUT2D eigenvalue weighted by atomic mass is 9.71. The van der Waals surface area contributed by atoms with Gasteiger partial charge in [0.1, 0.15) is 5.75 Å². The second-order valence-electron chi connectivity index (χ2n) is 9.21. The van der Waals surface area contributed by atoms with E-state index in [9.17, 15) is 14.7 Å². The second-order valence-corrected chi connectivity index (χ2v) is 9.62. The Labute approximate surface area is 222 Å². The Bertz CT molecular complexity index is 1260. The molecule has 2 N–H and O–H groups in total. The van der Waals surface area contributed by atoms with Crippen molar-refractivity contribution in [2.24, 2.45) is 0 Å². The topological polar surface area (TPSA) is 94.1 Å². The molecule has 1 heterocycles. The number of dihydropyridines is 1. The predicted molar refractivity (Wildman–Crippen MR) is 141 cm³/mol. The first-order chi connectivity index (χ1) is 17.8. The quantitative estimate of drug-likeness (QED) is 0.423. The Morgan fingerprint density at radius 3 is 2.51 bits per heavy atom. The van der Waals surface area contributed by atoms with Crippen LogP contribution in [0.3, 0.4) is 0 Å². The number of rotatable bonds is 8. The van der Waals surface area contributed by atoms with Crippen LogP contribution in [0.2, 0.25) is 5.02 Å². The van der Waals surface area contributed by atoms with E-state index in [0.29, 0.717) is 48.3 Å². The summed E-state index contributed by atoms with van der Waals surface area (Å²) in [5, 5.41) is 13.8. The summed E-state index contributed by atoms with van der Waals surface area (Å²) >= 11 is 6.37. The molecule has 0 spiro atoms. The smallest absolute Gasteiger partial charge is 0.336 e. The molecule has 7 nitrogen and oxygen atoms in total. The molecule has 1 aliphatic carbocycles. The molecule has 0 saturated carbocycles. The summed E-state index contributed by atoms with van der Waals surface area (Å²) in [7, 11) is 1.62. The number of carbonyl (C=O) groups excluding carboxylic acids is 2. The maximum absolute atomic E-state index is 13.8. The summed E-state index contributed by atoms with van der Waals surface area (Å²) in [4.78, 5) is 27.0. The van der Waals surface area contributed by atoms with E-state index in [1.54, 1.807) is 26.2 Å². The SMILES string of the molecule is CCCOC(=O)C1=C(C)NC2=C(C(=O)C[C@@H](c3ccc(OC)cc3)C2)[C@H]1c1cc(Cl)c(O)c(OCC)c1. The van der Waals surface area contributed by atoms with Gasteiger partial charge in [0.05, 0.1) is 30.9 Å². The molecule has 0 amide bonds. The molecule has 2 aromatic rings. The first kappa shape index (κ1) is 26.6. The highest BCUT2D eigenvalue weighted by molar-refractivity contribution is 6.32. The number of halogens is 1. The van der Waals surface area contributed by atoms with Crippen molar-refractivity contribution >= 4 is 23.4 Å². The van der Waals surface area contributed by atoms with Crippen molar-refractivity contribution < 1.29 is 28.9 Å². The molecule has 196 valence electrons. The predicted octanol–water partition coefficient (Wildman–Crippen LogP) is 5.77. The number of nitrogens with one attached hydrogen (secondary N) is 1. The number of benzene rings is 2. The van der Waals surface area contributed by atoms with E-state index in [1.165, 1.54) is 0 Å². The molecule has 0 bridgehead atoms. The highest BCUT2D eigenvalue weighted by Crippen LogP contribution is 2.48. The lowest BCUT2D eigenvalue weighted by Crippen LogP contribution is -2.36. The van der Waals surface area contributed by atoms with Gasteiger partial charge in [0.25, 0.3) is 0 Å². The number of phenolic OH excluding ortho intramolecular Hbond substituents is 1. The van der Waals surface area contributed by atoms with Crippen molar-refractivity contribution in [2.45, 2.75) is 51.9 Å². The van der Waals surface area contributed by atoms with Crippen LogP contribution in [0.15, 0.2) is 58.9 Å². The molecule has 0 radical (unpaired) electrons. The fourth-order valence-electron chi connectivity index (χ4n) is 5.05. The number of ether oxygens (including phenoxy) is 3. The minimum Gasteiger partial charge on any atom is -0.503 e. The standard InChI is InChI=1S/C29H32ClNO6/c1-5-11-37-29(34)25-16(3)31-22-13-18(17-7-9-20(35-4)10-8-17)14-23(32)27(22)26(25)19-12-21(30)28(33)24(15-19)36-6-2/h7-10,12,15,18,26,31,33H,5-6,11,13-14H2,1-4H3/t18-,26-/m0/s1. The van der Waals surface area contributed by atoms with Crippen molar-refractivity contribution in [3.05, 3.63) is 75.1 Å². The zero-order chi connectivity index (χ0) is 26.7. The van der Waals surface area contributed by atoms with Crippen LogP contribution in [0.5, 0.6) is 17.2 Å². The van der Waals surface area contributed by atoms with Gasteiger partial charge in [0.15, 0.2) is 17.3 Å². The summed E-state index contributed by atoms with van der Waals surface area (Å²) in [5.41, 5.74) is 3.89. The largest absolute Gasteiger partial charge is 0.503 e. The Morgan fingerprint density at radius 2 is 1.86 bits per heavy atom. The number of Topliss-reactive ketones (excluding diaryl/α,β-unsaturated/α-hetero) is 1. The molecule has 37 heavy (non-hydrogen) atoms. The molecule has 0 aromatic heterocycles. The Balaban J connectivity index is 1.81. The highest BCUT2D eigenvalue weighted by Gasteiger charge is 2.42. The lowest BCUT2D eigenvalue weighted by molar-refractivity contribution is -0.139. The van der Waals surface area contributed by atoms with Crippen molar-refractivity contribution in [1.29, 1.82) is 0 Å². The number of phenols is 1. The van der Waals surface area contributed by atoms with E-state index in [-0.39, 0.29) is 34.8 Å². The molecule has 0 fully saturated rings. The number of hydrogen-bond acceptors (Lipinski definition) is 7. The summed E-state index contributed by atoms with van der Waals surface area (Å²) in [6.45, 7) is 6.11. The molecular weight excluding hydrogens is 494 g/mol. The van der Waals surface area contributed by atoms with Gasteiger partial charge >= 0.3 is 5.97 Å². The van der Waals surface area contributed by atoms with Crippen LogP contribution in [-0.4, -0.2) is 37.2 Å². The molecule has 0 saturated heterocycles. The monoisotopic (exact) mass is 525 g/mol. The maximum atomic E-state index is 13.8. The van der Waals surface area contributed by atoms with E-state index >= 15 is 0 Å². The van der Waals surface area contributed by atoms with Gasteiger partial charge in [-0.25, -0.2) is 4.79 Å².